The van der Waals surface area contributed by atoms with E-state index in [2.05, 4.69) is 34.1 Å². The van der Waals surface area contributed by atoms with Crippen LogP contribution in [0.15, 0.2) is 24.3 Å². The van der Waals surface area contributed by atoms with Crippen LogP contribution in [0.25, 0.3) is 0 Å². The van der Waals surface area contributed by atoms with E-state index in [1.807, 2.05) is 0 Å². The number of benzene rings is 1. The molecule has 0 aliphatic carbocycles. The van der Waals surface area contributed by atoms with E-state index in [0.29, 0.717) is 0 Å². The van der Waals surface area contributed by atoms with Crippen LogP contribution in [0.4, 0.5) is 18.9 Å². The van der Waals surface area contributed by atoms with Crippen molar-refractivity contribution in [2.24, 2.45) is 5.92 Å². The Kier molecular flexibility index (Phi) is 10.1. The molecule has 9 heteroatoms. The predicted octanol–water partition coefficient (Wildman–Crippen LogP) is 3.99. The van der Waals surface area contributed by atoms with Crippen LogP contribution in [-0.4, -0.2) is 67.8 Å². The molecule has 3 rings (SSSR count). The first-order chi connectivity index (χ1) is 14.8. The molecule has 0 atom stereocenters. The highest BCUT2D eigenvalue weighted by molar-refractivity contribution is 5.73. The highest BCUT2D eigenvalue weighted by atomic mass is 19.4. The van der Waals surface area contributed by atoms with Gasteiger partial charge in [-0.05, 0) is 69.5 Å². The molecule has 0 amide bonds. The minimum Gasteiger partial charge on any atom is -0.494 e. The molecule has 0 saturated carbocycles. The summed E-state index contributed by atoms with van der Waals surface area (Å²) in [7, 11) is 0. The Morgan fingerprint density at radius 1 is 1.06 bits per heavy atom. The molecule has 0 bridgehead atoms. The normalized spacial score (nSPS) is 18.1. The number of hydrogen-bond acceptors (Lipinski definition) is 5. The zero-order valence-corrected chi connectivity index (χ0v) is 17.6. The van der Waals surface area contributed by atoms with E-state index in [0.717, 1.165) is 57.5 Å². The third-order valence-electron chi connectivity index (χ3n) is 5.51. The van der Waals surface area contributed by atoms with Gasteiger partial charge in [-0.2, -0.15) is 13.2 Å². The first kappa shape index (κ1) is 25.0. The minimum absolute atomic E-state index is 0.253. The zero-order valence-electron chi connectivity index (χ0n) is 17.6. The largest absolute Gasteiger partial charge is 0.494 e. The monoisotopic (exact) mass is 444 g/mol. The van der Waals surface area contributed by atoms with Gasteiger partial charge in [0, 0.05) is 31.2 Å². The van der Waals surface area contributed by atoms with Crippen LogP contribution >= 0.6 is 0 Å². The molecule has 2 aliphatic heterocycles. The second-order valence-corrected chi connectivity index (χ2v) is 7.86. The standard InChI is InChI=1S/C20H30N2O2.C2HF3O2/c23-17-18-9-14-22(15-10-18)19-5-7-20(8-6-19)24-16-4-13-21-11-2-1-3-12-21;3-2(4,5)1(6)7/h5-8,17-18H,1-4,9-16H2;(H,6,7). The van der Waals surface area contributed by atoms with E-state index in [1.54, 1.807) is 0 Å². The summed E-state index contributed by atoms with van der Waals surface area (Å²) in [6.45, 7) is 6.41. The Bertz CT molecular complexity index is 668. The maximum Gasteiger partial charge on any atom is 0.490 e. The molecule has 0 unspecified atom stereocenters. The number of carbonyl (C=O) groups is 2. The van der Waals surface area contributed by atoms with Crippen molar-refractivity contribution in [3.8, 4) is 5.75 Å². The fourth-order valence-electron chi connectivity index (χ4n) is 3.71. The molecule has 2 heterocycles. The smallest absolute Gasteiger partial charge is 0.490 e. The van der Waals surface area contributed by atoms with Crippen LogP contribution in [0.2, 0.25) is 0 Å². The van der Waals surface area contributed by atoms with Gasteiger partial charge >= 0.3 is 12.1 Å². The molecule has 1 aromatic rings. The second-order valence-electron chi connectivity index (χ2n) is 7.86. The summed E-state index contributed by atoms with van der Waals surface area (Å²) < 4.78 is 37.6. The van der Waals surface area contributed by atoms with Gasteiger partial charge in [-0.15, -0.1) is 0 Å². The molecular formula is C22H31F3N2O4. The number of piperidine rings is 2. The molecule has 31 heavy (non-hydrogen) atoms. The Morgan fingerprint density at radius 3 is 2.16 bits per heavy atom. The average molecular weight is 444 g/mol. The van der Waals surface area contributed by atoms with Gasteiger partial charge in [0.2, 0.25) is 0 Å². The molecule has 1 aromatic carbocycles. The van der Waals surface area contributed by atoms with E-state index in [1.165, 1.54) is 38.0 Å². The lowest BCUT2D eigenvalue weighted by Crippen LogP contribution is -2.33. The number of carboxylic acid groups (broad SMARTS) is 1. The van der Waals surface area contributed by atoms with Crippen LogP contribution < -0.4 is 9.64 Å². The average Bonchev–Trinajstić information content (AvgIpc) is 2.78. The Balaban J connectivity index is 0.000000423. The third kappa shape index (κ3) is 9.16. The predicted molar refractivity (Wildman–Crippen MR) is 112 cm³/mol. The number of anilines is 1. The Morgan fingerprint density at radius 2 is 1.65 bits per heavy atom. The number of aldehydes is 1. The Labute approximate surface area is 181 Å². The fraction of sp³-hybridized carbons (Fsp3) is 0.636. The SMILES string of the molecule is O=C(O)C(F)(F)F.O=CC1CCN(c2ccc(OCCCN3CCCCC3)cc2)CC1. The van der Waals surface area contributed by atoms with Crippen molar-refractivity contribution in [2.45, 2.75) is 44.7 Å². The zero-order chi connectivity index (χ0) is 22.7. The molecule has 174 valence electrons. The van der Waals surface area contributed by atoms with Gasteiger partial charge in [-0.3, -0.25) is 0 Å². The number of carbonyl (C=O) groups excluding carboxylic acids is 1. The molecule has 6 nitrogen and oxygen atoms in total. The summed E-state index contributed by atoms with van der Waals surface area (Å²) >= 11 is 0. The summed E-state index contributed by atoms with van der Waals surface area (Å²) in [5, 5.41) is 7.12. The van der Waals surface area contributed by atoms with Crippen molar-refractivity contribution >= 4 is 17.9 Å². The van der Waals surface area contributed by atoms with Crippen molar-refractivity contribution in [1.29, 1.82) is 0 Å². The third-order valence-corrected chi connectivity index (χ3v) is 5.51. The number of aliphatic carboxylic acids is 1. The summed E-state index contributed by atoms with van der Waals surface area (Å²) in [5.74, 6) is -1.54. The van der Waals surface area contributed by atoms with Crippen molar-refractivity contribution in [3.63, 3.8) is 0 Å². The van der Waals surface area contributed by atoms with E-state index < -0.39 is 12.1 Å². The lowest BCUT2D eigenvalue weighted by Gasteiger charge is -2.31. The summed E-state index contributed by atoms with van der Waals surface area (Å²) in [5.41, 5.74) is 1.24. The molecule has 0 spiro atoms. The summed E-state index contributed by atoms with van der Waals surface area (Å²) in [6.07, 6.45) is 3.17. The quantitative estimate of drug-likeness (QED) is 0.507. The molecule has 0 aromatic heterocycles. The number of ether oxygens (including phenoxy) is 1. The topological polar surface area (TPSA) is 70.1 Å². The lowest BCUT2D eigenvalue weighted by atomic mass is 9.98. The van der Waals surface area contributed by atoms with E-state index in [-0.39, 0.29) is 5.92 Å². The van der Waals surface area contributed by atoms with Gasteiger partial charge in [-0.1, -0.05) is 6.42 Å². The first-order valence-corrected chi connectivity index (χ1v) is 10.7. The number of carboxylic acids is 1. The molecule has 2 saturated heterocycles. The van der Waals surface area contributed by atoms with Crippen molar-refractivity contribution in [1.82, 2.24) is 4.90 Å². The van der Waals surface area contributed by atoms with Crippen LogP contribution in [-0.2, 0) is 9.59 Å². The maximum atomic E-state index is 10.8. The first-order valence-electron chi connectivity index (χ1n) is 10.7. The van der Waals surface area contributed by atoms with Crippen molar-refractivity contribution < 1.29 is 32.6 Å². The van der Waals surface area contributed by atoms with E-state index >= 15 is 0 Å². The number of nitrogens with zero attached hydrogens (tertiary/aromatic N) is 2. The highest BCUT2D eigenvalue weighted by Gasteiger charge is 2.38. The fourth-order valence-corrected chi connectivity index (χ4v) is 3.71. The molecule has 2 aliphatic rings. The summed E-state index contributed by atoms with van der Waals surface area (Å²) in [6, 6.07) is 8.42. The van der Waals surface area contributed by atoms with Crippen LogP contribution in [0.5, 0.6) is 5.75 Å². The minimum atomic E-state index is -5.08. The lowest BCUT2D eigenvalue weighted by molar-refractivity contribution is -0.192. The highest BCUT2D eigenvalue weighted by Crippen LogP contribution is 2.24. The molecule has 1 N–H and O–H groups in total. The second kappa shape index (κ2) is 12.5. The van der Waals surface area contributed by atoms with Crippen LogP contribution in [0, 0.1) is 5.92 Å². The summed E-state index contributed by atoms with van der Waals surface area (Å²) in [4.78, 5) is 24.6. The van der Waals surface area contributed by atoms with Gasteiger partial charge in [0.25, 0.3) is 0 Å². The number of halogens is 3. The van der Waals surface area contributed by atoms with Crippen molar-refractivity contribution in [3.05, 3.63) is 24.3 Å². The number of rotatable bonds is 7. The number of alkyl halides is 3. The van der Waals surface area contributed by atoms with Gasteiger partial charge in [-0.25, -0.2) is 4.79 Å². The number of hydrogen-bond donors (Lipinski definition) is 1. The van der Waals surface area contributed by atoms with Gasteiger partial charge in [0.1, 0.15) is 12.0 Å². The molecular weight excluding hydrogens is 413 g/mol. The molecule has 2 fully saturated rings. The molecule has 0 radical (unpaired) electrons. The van der Waals surface area contributed by atoms with Gasteiger partial charge in [0.15, 0.2) is 0 Å². The van der Waals surface area contributed by atoms with Gasteiger partial charge in [0.05, 0.1) is 6.61 Å². The van der Waals surface area contributed by atoms with Crippen molar-refractivity contribution in [2.75, 3.05) is 44.2 Å². The maximum absolute atomic E-state index is 10.8. The number of likely N-dealkylation sites (tertiary alicyclic amines) is 1. The van der Waals surface area contributed by atoms with Gasteiger partial charge < -0.3 is 24.4 Å². The van der Waals surface area contributed by atoms with Crippen LogP contribution in [0.1, 0.15) is 38.5 Å². The van der Waals surface area contributed by atoms with E-state index in [9.17, 15) is 18.0 Å². The van der Waals surface area contributed by atoms with Crippen LogP contribution in [0.3, 0.4) is 0 Å². The Hall–Kier alpha value is -2.29. The van der Waals surface area contributed by atoms with E-state index in [4.69, 9.17) is 14.6 Å².